The Morgan fingerprint density at radius 3 is 2.65 bits per heavy atom. The monoisotopic (exact) mass is 315 g/mol. The van der Waals surface area contributed by atoms with E-state index in [1.54, 1.807) is 0 Å². The molecule has 0 fully saturated rings. The first-order valence-corrected chi connectivity index (χ1v) is 8.46. The second-order valence-electron chi connectivity index (χ2n) is 4.18. The van der Waals surface area contributed by atoms with E-state index in [9.17, 15) is 0 Å². The summed E-state index contributed by atoms with van der Waals surface area (Å²) in [4.78, 5) is 0. The molecule has 17 heavy (non-hydrogen) atoms. The average Bonchev–Trinajstić information content (AvgIpc) is 2.35. The van der Waals surface area contributed by atoms with E-state index in [0.717, 1.165) is 13.1 Å². The lowest BCUT2D eigenvalue weighted by Gasteiger charge is -2.06. The Morgan fingerprint density at radius 1 is 1.12 bits per heavy atom. The summed E-state index contributed by atoms with van der Waals surface area (Å²) >= 11 is 5.51. The van der Waals surface area contributed by atoms with Crippen molar-refractivity contribution < 1.29 is 0 Å². The van der Waals surface area contributed by atoms with Crippen molar-refractivity contribution in [2.24, 2.45) is 0 Å². The van der Waals surface area contributed by atoms with Crippen molar-refractivity contribution in [3.05, 3.63) is 34.3 Å². The third kappa shape index (κ3) is 7.12. The summed E-state index contributed by atoms with van der Waals surface area (Å²) in [6.45, 7) is 2.09. The number of nitrogens with one attached hydrogen (secondary N) is 1. The lowest BCUT2D eigenvalue weighted by atomic mass is 10.2. The van der Waals surface area contributed by atoms with E-state index in [4.69, 9.17) is 0 Å². The Hall–Kier alpha value is 0.01000. The summed E-state index contributed by atoms with van der Waals surface area (Å²) in [7, 11) is 0. The van der Waals surface area contributed by atoms with Crippen LogP contribution >= 0.6 is 27.7 Å². The standard InChI is InChI=1S/C14H22BrNS/c1-17-11-7-3-2-6-10-16-12-13-8-4-5-9-14(13)15/h4-5,8-9,16H,2-3,6-7,10-12H2,1H3. The number of hydrogen-bond donors (Lipinski definition) is 1. The topological polar surface area (TPSA) is 12.0 Å². The van der Waals surface area contributed by atoms with Gasteiger partial charge >= 0.3 is 0 Å². The van der Waals surface area contributed by atoms with Crippen LogP contribution < -0.4 is 5.32 Å². The molecule has 1 aromatic rings. The van der Waals surface area contributed by atoms with Crippen molar-refractivity contribution in [3.8, 4) is 0 Å². The zero-order valence-electron chi connectivity index (χ0n) is 10.5. The molecule has 0 saturated carbocycles. The van der Waals surface area contributed by atoms with Crippen LogP contribution in [-0.2, 0) is 6.54 Å². The van der Waals surface area contributed by atoms with Crippen LogP contribution in [0.2, 0.25) is 0 Å². The number of benzene rings is 1. The van der Waals surface area contributed by atoms with Gasteiger partial charge in [0.25, 0.3) is 0 Å². The Balaban J connectivity index is 1.99. The van der Waals surface area contributed by atoms with Crippen molar-refractivity contribution in [1.82, 2.24) is 5.32 Å². The highest BCUT2D eigenvalue weighted by Gasteiger charge is 1.97. The maximum absolute atomic E-state index is 3.57. The number of thioether (sulfide) groups is 1. The predicted octanol–water partition coefficient (Wildman–Crippen LogP) is 4.46. The zero-order chi connectivity index (χ0) is 12.3. The number of unbranched alkanes of at least 4 members (excludes halogenated alkanes) is 3. The van der Waals surface area contributed by atoms with Crippen LogP contribution in [0, 0.1) is 0 Å². The molecule has 3 heteroatoms. The molecule has 0 radical (unpaired) electrons. The van der Waals surface area contributed by atoms with E-state index < -0.39 is 0 Å². The minimum atomic E-state index is 0.965. The number of halogens is 1. The minimum Gasteiger partial charge on any atom is -0.313 e. The summed E-state index contributed by atoms with van der Waals surface area (Å²) in [5, 5.41) is 3.50. The molecule has 0 bridgehead atoms. The lowest BCUT2D eigenvalue weighted by molar-refractivity contribution is 0.599. The fourth-order valence-corrected chi connectivity index (χ4v) is 2.63. The van der Waals surface area contributed by atoms with Crippen molar-refractivity contribution >= 4 is 27.7 Å². The second kappa shape index (κ2) is 9.98. The van der Waals surface area contributed by atoms with Crippen LogP contribution in [-0.4, -0.2) is 18.6 Å². The summed E-state index contributed by atoms with van der Waals surface area (Å²) in [6, 6.07) is 8.40. The molecule has 0 saturated heterocycles. The van der Waals surface area contributed by atoms with Gasteiger partial charge in [-0.2, -0.15) is 11.8 Å². The molecule has 0 amide bonds. The molecule has 0 aromatic heterocycles. The molecular formula is C14H22BrNS. The third-order valence-corrected chi connectivity index (χ3v) is 4.20. The van der Waals surface area contributed by atoms with Crippen molar-refractivity contribution in [2.45, 2.75) is 32.2 Å². The van der Waals surface area contributed by atoms with Crippen molar-refractivity contribution in [2.75, 3.05) is 18.6 Å². The largest absolute Gasteiger partial charge is 0.313 e. The molecule has 0 spiro atoms. The zero-order valence-corrected chi connectivity index (χ0v) is 12.9. The van der Waals surface area contributed by atoms with E-state index in [-0.39, 0.29) is 0 Å². The van der Waals surface area contributed by atoms with Crippen LogP contribution in [0.4, 0.5) is 0 Å². The molecule has 0 aliphatic carbocycles. The van der Waals surface area contributed by atoms with Gasteiger partial charge < -0.3 is 5.32 Å². The highest BCUT2D eigenvalue weighted by molar-refractivity contribution is 9.10. The van der Waals surface area contributed by atoms with Gasteiger partial charge in [-0.25, -0.2) is 0 Å². The summed E-state index contributed by atoms with van der Waals surface area (Å²) in [5.74, 6) is 1.31. The van der Waals surface area contributed by atoms with Gasteiger partial charge in [-0.15, -0.1) is 0 Å². The maximum atomic E-state index is 3.57. The maximum Gasteiger partial charge on any atom is 0.0220 e. The Kier molecular flexibility index (Phi) is 8.85. The molecule has 1 aromatic carbocycles. The minimum absolute atomic E-state index is 0.965. The van der Waals surface area contributed by atoms with Crippen LogP contribution in [0.15, 0.2) is 28.7 Å². The van der Waals surface area contributed by atoms with E-state index in [1.807, 2.05) is 11.8 Å². The highest BCUT2D eigenvalue weighted by atomic mass is 79.9. The van der Waals surface area contributed by atoms with Crippen LogP contribution in [0.25, 0.3) is 0 Å². The van der Waals surface area contributed by atoms with E-state index >= 15 is 0 Å². The average molecular weight is 316 g/mol. The fraction of sp³-hybridized carbons (Fsp3) is 0.571. The highest BCUT2D eigenvalue weighted by Crippen LogP contribution is 2.15. The van der Waals surface area contributed by atoms with Crippen LogP contribution in [0.3, 0.4) is 0 Å². The van der Waals surface area contributed by atoms with E-state index in [2.05, 4.69) is 51.8 Å². The van der Waals surface area contributed by atoms with E-state index in [0.29, 0.717) is 0 Å². The van der Waals surface area contributed by atoms with Crippen molar-refractivity contribution in [1.29, 1.82) is 0 Å². The first-order chi connectivity index (χ1) is 8.34. The molecule has 1 N–H and O–H groups in total. The van der Waals surface area contributed by atoms with Gasteiger partial charge in [-0.05, 0) is 43.0 Å². The Morgan fingerprint density at radius 2 is 1.88 bits per heavy atom. The van der Waals surface area contributed by atoms with Gasteiger partial charge in [-0.3, -0.25) is 0 Å². The van der Waals surface area contributed by atoms with Crippen LogP contribution in [0.5, 0.6) is 0 Å². The van der Waals surface area contributed by atoms with Gasteiger partial charge in [0, 0.05) is 11.0 Å². The van der Waals surface area contributed by atoms with Gasteiger partial charge in [-0.1, -0.05) is 47.0 Å². The molecule has 0 aliphatic heterocycles. The SMILES string of the molecule is CSCCCCCCNCc1ccccc1Br. The quantitative estimate of drug-likeness (QED) is 0.675. The first-order valence-electron chi connectivity index (χ1n) is 6.27. The smallest absolute Gasteiger partial charge is 0.0220 e. The molecule has 96 valence electrons. The Bertz CT molecular complexity index is 304. The predicted molar refractivity (Wildman–Crippen MR) is 82.7 cm³/mol. The third-order valence-electron chi connectivity index (χ3n) is 2.73. The lowest BCUT2D eigenvalue weighted by Crippen LogP contribution is -2.14. The van der Waals surface area contributed by atoms with Gasteiger partial charge in [0.15, 0.2) is 0 Å². The number of rotatable bonds is 9. The van der Waals surface area contributed by atoms with Crippen LogP contribution in [0.1, 0.15) is 31.2 Å². The first kappa shape index (κ1) is 15.1. The van der Waals surface area contributed by atoms with Gasteiger partial charge in [0.2, 0.25) is 0 Å². The Labute approximate surface area is 118 Å². The molecular weight excluding hydrogens is 294 g/mol. The summed E-state index contributed by atoms with van der Waals surface area (Å²) in [6.07, 6.45) is 7.56. The summed E-state index contributed by atoms with van der Waals surface area (Å²) in [5.41, 5.74) is 1.34. The molecule has 1 rings (SSSR count). The fourth-order valence-electron chi connectivity index (χ4n) is 1.71. The molecule has 0 unspecified atom stereocenters. The molecule has 0 aliphatic rings. The molecule has 1 nitrogen and oxygen atoms in total. The number of hydrogen-bond acceptors (Lipinski definition) is 2. The normalized spacial score (nSPS) is 10.7. The molecule has 0 atom stereocenters. The van der Waals surface area contributed by atoms with E-state index in [1.165, 1.54) is 41.5 Å². The second-order valence-corrected chi connectivity index (χ2v) is 6.02. The van der Waals surface area contributed by atoms with Crippen molar-refractivity contribution in [3.63, 3.8) is 0 Å². The molecule has 0 heterocycles. The van der Waals surface area contributed by atoms with Gasteiger partial charge in [0.1, 0.15) is 0 Å². The van der Waals surface area contributed by atoms with Gasteiger partial charge in [0.05, 0.1) is 0 Å². The summed E-state index contributed by atoms with van der Waals surface area (Å²) < 4.78 is 1.20.